The fourth-order valence-corrected chi connectivity index (χ4v) is 7.84. The average Bonchev–Trinajstić information content (AvgIpc) is 3.25. The van der Waals surface area contributed by atoms with E-state index in [1.54, 1.807) is 0 Å². The molecule has 0 spiro atoms. The van der Waals surface area contributed by atoms with Crippen LogP contribution in [0.3, 0.4) is 0 Å². The Labute approximate surface area is 372 Å². The second kappa shape index (κ2) is 48.3. The molecule has 1 amide bonds. The standard InChI is InChI=1S/C54H101NO5/c1-3-5-7-9-11-13-15-17-18-19-20-21-22-23-24-25-26-27-28-29-30-31-32-33-34-35-36-38-39-41-43-45-47-51(57)53(59)50(49-56)55-54(60)52(58)48-46-44-42-40-37-16-14-12-10-8-6-4-2/h30-31,34-35,37,39-41,50-53,56-59H,3-29,32-33,36,38,42-49H2,1-2H3,(H,55,60)/b31-30+,35-34+,40-37-,41-39+. The van der Waals surface area contributed by atoms with Crippen molar-refractivity contribution in [2.75, 3.05) is 6.61 Å². The molecule has 0 aromatic rings. The van der Waals surface area contributed by atoms with Crippen LogP contribution in [0.25, 0.3) is 0 Å². The molecule has 0 rings (SSSR count). The Morgan fingerprint density at radius 1 is 0.400 bits per heavy atom. The van der Waals surface area contributed by atoms with Gasteiger partial charge in [0.15, 0.2) is 0 Å². The van der Waals surface area contributed by atoms with Crippen molar-refractivity contribution in [3.63, 3.8) is 0 Å². The highest BCUT2D eigenvalue weighted by Gasteiger charge is 2.28. The van der Waals surface area contributed by atoms with Gasteiger partial charge in [0.25, 0.3) is 0 Å². The molecule has 5 N–H and O–H groups in total. The Bertz CT molecular complexity index is 993. The van der Waals surface area contributed by atoms with Crippen LogP contribution in [0.2, 0.25) is 0 Å². The molecule has 0 aromatic carbocycles. The van der Waals surface area contributed by atoms with Crippen molar-refractivity contribution < 1.29 is 25.2 Å². The van der Waals surface area contributed by atoms with Crippen LogP contribution in [-0.4, -0.2) is 57.3 Å². The Morgan fingerprint density at radius 2 is 0.700 bits per heavy atom. The topological polar surface area (TPSA) is 110 Å². The molecule has 0 aliphatic heterocycles. The summed E-state index contributed by atoms with van der Waals surface area (Å²) in [6, 6.07) is -1.02. The molecule has 0 saturated heterocycles. The molecular weight excluding hydrogens is 743 g/mol. The van der Waals surface area contributed by atoms with E-state index in [2.05, 4.69) is 67.8 Å². The number of carbonyl (C=O) groups excluding carboxylic acids is 1. The van der Waals surface area contributed by atoms with Gasteiger partial charge >= 0.3 is 0 Å². The maximum atomic E-state index is 12.5. The number of carbonyl (C=O) groups is 1. The second-order valence-corrected chi connectivity index (χ2v) is 17.8. The van der Waals surface area contributed by atoms with Crippen LogP contribution >= 0.6 is 0 Å². The molecule has 0 aliphatic carbocycles. The highest BCUT2D eigenvalue weighted by atomic mass is 16.3. The minimum Gasteiger partial charge on any atom is -0.394 e. The minimum absolute atomic E-state index is 0.326. The van der Waals surface area contributed by atoms with E-state index in [-0.39, 0.29) is 0 Å². The largest absolute Gasteiger partial charge is 0.394 e. The van der Waals surface area contributed by atoms with Crippen molar-refractivity contribution in [1.82, 2.24) is 5.32 Å². The number of unbranched alkanes of at least 4 members (excludes halogenated alkanes) is 30. The molecule has 0 fully saturated rings. The molecule has 60 heavy (non-hydrogen) atoms. The first-order valence-corrected chi connectivity index (χ1v) is 26.0. The maximum absolute atomic E-state index is 12.5. The number of allylic oxidation sites excluding steroid dienone is 8. The second-order valence-electron chi connectivity index (χ2n) is 17.8. The zero-order chi connectivity index (χ0) is 43.8. The summed E-state index contributed by atoms with van der Waals surface area (Å²) in [5, 5.41) is 43.6. The first-order valence-electron chi connectivity index (χ1n) is 26.0. The summed E-state index contributed by atoms with van der Waals surface area (Å²) < 4.78 is 0. The van der Waals surface area contributed by atoms with Crippen LogP contribution < -0.4 is 5.32 Å². The number of amides is 1. The van der Waals surface area contributed by atoms with E-state index >= 15 is 0 Å². The van der Waals surface area contributed by atoms with Gasteiger partial charge in [0.2, 0.25) is 5.91 Å². The maximum Gasteiger partial charge on any atom is 0.249 e. The molecule has 0 radical (unpaired) electrons. The molecule has 6 nitrogen and oxygen atoms in total. The third-order valence-electron chi connectivity index (χ3n) is 12.0. The monoisotopic (exact) mass is 844 g/mol. The first kappa shape index (κ1) is 58.3. The molecule has 352 valence electrons. The Hall–Kier alpha value is -1.73. The van der Waals surface area contributed by atoms with Gasteiger partial charge in [0.05, 0.1) is 18.8 Å². The van der Waals surface area contributed by atoms with E-state index in [1.807, 2.05) is 0 Å². The molecule has 4 atom stereocenters. The van der Waals surface area contributed by atoms with Crippen LogP contribution in [-0.2, 0) is 4.79 Å². The quantitative estimate of drug-likeness (QED) is 0.0310. The Morgan fingerprint density at radius 3 is 1.05 bits per heavy atom. The van der Waals surface area contributed by atoms with E-state index in [9.17, 15) is 25.2 Å². The van der Waals surface area contributed by atoms with Crippen molar-refractivity contribution >= 4 is 5.91 Å². The Balaban J connectivity index is 3.69. The van der Waals surface area contributed by atoms with Crippen molar-refractivity contribution in [3.05, 3.63) is 48.6 Å². The summed E-state index contributed by atoms with van der Waals surface area (Å²) in [6.45, 7) is 4.02. The molecule has 6 heteroatoms. The van der Waals surface area contributed by atoms with Crippen LogP contribution in [0.15, 0.2) is 48.6 Å². The van der Waals surface area contributed by atoms with Crippen LogP contribution in [0.1, 0.15) is 258 Å². The Kier molecular flexibility index (Phi) is 46.9. The van der Waals surface area contributed by atoms with Crippen LogP contribution in [0.5, 0.6) is 0 Å². The first-order chi connectivity index (χ1) is 29.5. The van der Waals surface area contributed by atoms with Crippen LogP contribution in [0, 0.1) is 0 Å². The van der Waals surface area contributed by atoms with Gasteiger partial charge in [-0.05, 0) is 89.9 Å². The number of rotatable bonds is 47. The van der Waals surface area contributed by atoms with Gasteiger partial charge in [0.1, 0.15) is 12.2 Å². The summed E-state index contributed by atoms with van der Waals surface area (Å²) in [5.74, 6) is -0.617. The highest BCUT2D eigenvalue weighted by Crippen LogP contribution is 2.16. The van der Waals surface area contributed by atoms with Crippen LogP contribution in [0.4, 0.5) is 0 Å². The zero-order valence-electron chi connectivity index (χ0n) is 39.7. The minimum atomic E-state index is -1.30. The van der Waals surface area contributed by atoms with Gasteiger partial charge in [-0.1, -0.05) is 217 Å². The highest BCUT2D eigenvalue weighted by molar-refractivity contribution is 5.80. The van der Waals surface area contributed by atoms with Gasteiger partial charge in [-0.3, -0.25) is 4.79 Å². The summed E-state index contributed by atoms with van der Waals surface area (Å²) >= 11 is 0. The summed E-state index contributed by atoms with van der Waals surface area (Å²) in [5.41, 5.74) is 0. The number of nitrogens with one attached hydrogen (secondary N) is 1. The van der Waals surface area contributed by atoms with E-state index in [1.165, 1.54) is 167 Å². The van der Waals surface area contributed by atoms with Crippen molar-refractivity contribution in [1.29, 1.82) is 0 Å². The molecule has 0 saturated carbocycles. The van der Waals surface area contributed by atoms with E-state index in [4.69, 9.17) is 0 Å². The van der Waals surface area contributed by atoms with Crippen molar-refractivity contribution in [2.24, 2.45) is 0 Å². The van der Waals surface area contributed by atoms with Crippen molar-refractivity contribution in [3.8, 4) is 0 Å². The SMILES string of the molecule is CCCCCCCC/C=C\CCCCC(O)C(=O)NC(CO)C(O)C(O)CCC/C=C/CC/C=C/CC/C=C/CCCCCCCCCCCCCCCCCCCCC. The normalized spacial score (nSPS) is 14.3. The summed E-state index contributed by atoms with van der Waals surface area (Å²) in [7, 11) is 0. The third kappa shape index (κ3) is 41.6. The zero-order valence-corrected chi connectivity index (χ0v) is 39.7. The molecule has 0 bridgehead atoms. The lowest BCUT2D eigenvalue weighted by Crippen LogP contribution is -2.53. The number of aliphatic hydroxyl groups excluding tert-OH is 4. The van der Waals surface area contributed by atoms with Gasteiger partial charge in [-0.15, -0.1) is 0 Å². The van der Waals surface area contributed by atoms with Gasteiger partial charge in [-0.2, -0.15) is 0 Å². The summed E-state index contributed by atoms with van der Waals surface area (Å²) in [6.07, 6.45) is 60.5. The number of aliphatic hydroxyl groups is 4. The van der Waals surface area contributed by atoms with E-state index < -0.39 is 36.9 Å². The molecule has 0 aliphatic rings. The molecular formula is C54H101NO5. The fraction of sp³-hybridized carbons (Fsp3) is 0.833. The lowest BCUT2D eigenvalue weighted by molar-refractivity contribution is -0.132. The number of hydrogen-bond donors (Lipinski definition) is 5. The molecule has 0 aromatic heterocycles. The summed E-state index contributed by atoms with van der Waals surface area (Å²) in [4.78, 5) is 12.5. The van der Waals surface area contributed by atoms with Gasteiger partial charge in [-0.25, -0.2) is 0 Å². The number of hydrogen-bond acceptors (Lipinski definition) is 5. The van der Waals surface area contributed by atoms with Gasteiger partial charge in [0, 0.05) is 0 Å². The lowest BCUT2D eigenvalue weighted by atomic mass is 10.00. The van der Waals surface area contributed by atoms with Gasteiger partial charge < -0.3 is 25.7 Å². The van der Waals surface area contributed by atoms with Crippen molar-refractivity contribution in [2.45, 2.75) is 282 Å². The van der Waals surface area contributed by atoms with E-state index in [0.29, 0.717) is 25.7 Å². The molecule has 4 unspecified atom stereocenters. The fourth-order valence-electron chi connectivity index (χ4n) is 7.84. The molecule has 0 heterocycles. The predicted molar refractivity (Wildman–Crippen MR) is 260 cm³/mol. The third-order valence-corrected chi connectivity index (χ3v) is 12.0. The lowest BCUT2D eigenvalue weighted by Gasteiger charge is -2.27. The smallest absolute Gasteiger partial charge is 0.249 e. The predicted octanol–water partition coefficient (Wildman–Crippen LogP) is 14.6. The van der Waals surface area contributed by atoms with E-state index in [0.717, 1.165) is 51.4 Å². The average molecular weight is 844 g/mol.